The molecule has 26 heavy (non-hydrogen) atoms. The normalized spacial score (nSPS) is 10.6. The third-order valence-corrected chi connectivity index (χ3v) is 4.23. The van der Waals surface area contributed by atoms with Crippen molar-refractivity contribution in [2.24, 2.45) is 0 Å². The van der Waals surface area contributed by atoms with Gasteiger partial charge in [-0.15, -0.1) is 0 Å². The molecule has 1 amide bonds. The molecule has 0 aromatic heterocycles. The van der Waals surface area contributed by atoms with Gasteiger partial charge in [0.2, 0.25) is 0 Å². The average molecular weight is 366 g/mol. The molecule has 0 aliphatic rings. The first-order chi connectivity index (χ1) is 12.5. The molecule has 0 heterocycles. The molecule has 1 N–H and O–H groups in total. The molecule has 0 atom stereocenters. The zero-order valence-electron chi connectivity index (χ0n) is 14.7. The number of carbonyl (C=O) groups is 1. The van der Waals surface area contributed by atoms with Crippen molar-refractivity contribution < 1.29 is 9.53 Å². The molecule has 0 fully saturated rings. The Labute approximate surface area is 158 Å². The number of rotatable bonds is 5. The van der Waals surface area contributed by atoms with Crippen molar-refractivity contribution in [3.05, 3.63) is 88.9 Å². The van der Waals surface area contributed by atoms with Gasteiger partial charge in [0, 0.05) is 22.3 Å². The van der Waals surface area contributed by atoms with Gasteiger partial charge in [-0.05, 0) is 60.0 Å². The fraction of sp³-hybridized carbons (Fsp3) is 0.136. The van der Waals surface area contributed by atoms with Gasteiger partial charge in [-0.25, -0.2) is 0 Å². The van der Waals surface area contributed by atoms with E-state index in [-0.39, 0.29) is 5.91 Å². The number of amides is 1. The minimum Gasteiger partial charge on any atom is -0.457 e. The highest BCUT2D eigenvalue weighted by atomic mass is 35.5. The third-order valence-electron chi connectivity index (χ3n) is 3.98. The smallest absolute Gasteiger partial charge is 0.255 e. The molecule has 0 spiro atoms. The predicted octanol–water partition coefficient (Wildman–Crippen LogP) is 6.51. The lowest BCUT2D eigenvalue weighted by Gasteiger charge is -2.10. The molecule has 3 aromatic carbocycles. The van der Waals surface area contributed by atoms with E-state index in [4.69, 9.17) is 16.3 Å². The molecule has 3 aromatic rings. The largest absolute Gasteiger partial charge is 0.457 e. The topological polar surface area (TPSA) is 38.3 Å². The Balaban J connectivity index is 1.69. The summed E-state index contributed by atoms with van der Waals surface area (Å²) in [4.78, 5) is 12.3. The number of hydrogen-bond donors (Lipinski definition) is 1. The van der Waals surface area contributed by atoms with E-state index in [1.807, 2.05) is 30.3 Å². The molecule has 132 valence electrons. The molecule has 0 unspecified atom stereocenters. The number of nitrogens with one attached hydrogen (secondary N) is 1. The minimum absolute atomic E-state index is 0.194. The SMILES string of the molecule is CC(C)c1ccc(Oc2cccc(NC(=O)c3ccc(Cl)cc3)c2)cc1. The molecule has 0 aliphatic carbocycles. The van der Waals surface area contributed by atoms with E-state index in [2.05, 4.69) is 31.3 Å². The van der Waals surface area contributed by atoms with Gasteiger partial charge in [-0.1, -0.05) is 43.6 Å². The van der Waals surface area contributed by atoms with E-state index in [1.54, 1.807) is 30.3 Å². The van der Waals surface area contributed by atoms with Crippen LogP contribution in [0.25, 0.3) is 0 Å². The summed E-state index contributed by atoms with van der Waals surface area (Å²) in [5, 5.41) is 3.46. The third kappa shape index (κ3) is 4.64. The number of benzene rings is 3. The zero-order chi connectivity index (χ0) is 18.5. The summed E-state index contributed by atoms with van der Waals surface area (Å²) >= 11 is 5.85. The highest BCUT2D eigenvalue weighted by Gasteiger charge is 2.07. The van der Waals surface area contributed by atoms with Crippen LogP contribution >= 0.6 is 11.6 Å². The van der Waals surface area contributed by atoms with E-state index in [0.29, 0.717) is 27.9 Å². The Bertz CT molecular complexity index is 887. The fourth-order valence-corrected chi connectivity index (χ4v) is 2.62. The molecule has 3 nitrogen and oxygen atoms in total. The van der Waals surface area contributed by atoms with Crippen molar-refractivity contribution in [2.45, 2.75) is 19.8 Å². The Morgan fingerprint density at radius 2 is 1.62 bits per heavy atom. The van der Waals surface area contributed by atoms with Crippen LogP contribution in [-0.4, -0.2) is 5.91 Å². The number of anilines is 1. The van der Waals surface area contributed by atoms with Crippen molar-refractivity contribution in [2.75, 3.05) is 5.32 Å². The second-order valence-corrected chi connectivity index (χ2v) is 6.75. The Kier molecular flexibility index (Phi) is 5.59. The predicted molar refractivity (Wildman–Crippen MR) is 106 cm³/mol. The molecule has 0 saturated heterocycles. The van der Waals surface area contributed by atoms with Gasteiger partial charge in [0.25, 0.3) is 5.91 Å². The lowest BCUT2D eigenvalue weighted by Crippen LogP contribution is -2.11. The second-order valence-electron chi connectivity index (χ2n) is 6.31. The summed E-state index contributed by atoms with van der Waals surface area (Å²) in [6.07, 6.45) is 0. The lowest BCUT2D eigenvalue weighted by atomic mass is 10.0. The molecule has 0 aliphatic heterocycles. The van der Waals surface area contributed by atoms with E-state index in [1.165, 1.54) is 5.56 Å². The Morgan fingerprint density at radius 3 is 2.27 bits per heavy atom. The van der Waals surface area contributed by atoms with Gasteiger partial charge in [0.05, 0.1) is 0 Å². The van der Waals surface area contributed by atoms with Crippen LogP contribution in [0.4, 0.5) is 5.69 Å². The Morgan fingerprint density at radius 1 is 0.923 bits per heavy atom. The van der Waals surface area contributed by atoms with Gasteiger partial charge in [-0.3, -0.25) is 4.79 Å². The van der Waals surface area contributed by atoms with Gasteiger partial charge >= 0.3 is 0 Å². The van der Waals surface area contributed by atoms with Crippen LogP contribution in [0.15, 0.2) is 72.8 Å². The fourth-order valence-electron chi connectivity index (χ4n) is 2.50. The van der Waals surface area contributed by atoms with Crippen LogP contribution in [0.3, 0.4) is 0 Å². The lowest BCUT2D eigenvalue weighted by molar-refractivity contribution is 0.102. The first kappa shape index (κ1) is 18.0. The van der Waals surface area contributed by atoms with Crippen LogP contribution in [0, 0.1) is 0 Å². The second kappa shape index (κ2) is 8.07. The van der Waals surface area contributed by atoms with E-state index >= 15 is 0 Å². The van der Waals surface area contributed by atoms with Crippen LogP contribution in [0.5, 0.6) is 11.5 Å². The molecule has 0 saturated carbocycles. The van der Waals surface area contributed by atoms with E-state index < -0.39 is 0 Å². The summed E-state index contributed by atoms with van der Waals surface area (Å²) < 4.78 is 5.89. The highest BCUT2D eigenvalue weighted by molar-refractivity contribution is 6.30. The number of carbonyl (C=O) groups excluding carboxylic acids is 1. The van der Waals surface area contributed by atoms with Gasteiger partial charge in [0.15, 0.2) is 0 Å². The van der Waals surface area contributed by atoms with Crippen LogP contribution < -0.4 is 10.1 Å². The van der Waals surface area contributed by atoms with Crippen molar-refractivity contribution in [3.63, 3.8) is 0 Å². The van der Waals surface area contributed by atoms with Crippen molar-refractivity contribution >= 4 is 23.2 Å². The standard InChI is InChI=1S/C22H20ClNO2/c1-15(2)16-8-12-20(13-9-16)26-21-5-3-4-19(14-21)24-22(25)17-6-10-18(23)11-7-17/h3-15H,1-2H3,(H,24,25). The summed E-state index contributed by atoms with van der Waals surface area (Å²) in [5.74, 6) is 1.71. The summed E-state index contributed by atoms with van der Waals surface area (Å²) in [7, 11) is 0. The van der Waals surface area contributed by atoms with Gasteiger partial charge in [0.1, 0.15) is 11.5 Å². The number of hydrogen-bond acceptors (Lipinski definition) is 2. The maximum atomic E-state index is 12.3. The van der Waals surface area contributed by atoms with Gasteiger partial charge in [-0.2, -0.15) is 0 Å². The molecule has 4 heteroatoms. The molecule has 3 rings (SSSR count). The van der Waals surface area contributed by atoms with Crippen LogP contribution in [0.1, 0.15) is 35.7 Å². The molecule has 0 bridgehead atoms. The summed E-state index contributed by atoms with van der Waals surface area (Å²) in [5.41, 5.74) is 2.48. The van der Waals surface area contributed by atoms with E-state index in [0.717, 1.165) is 5.75 Å². The molecular formula is C22H20ClNO2. The summed E-state index contributed by atoms with van der Waals surface area (Å²) in [6.45, 7) is 4.31. The van der Waals surface area contributed by atoms with Crippen molar-refractivity contribution in [1.82, 2.24) is 0 Å². The van der Waals surface area contributed by atoms with Crippen LogP contribution in [0.2, 0.25) is 5.02 Å². The maximum absolute atomic E-state index is 12.3. The highest BCUT2D eigenvalue weighted by Crippen LogP contribution is 2.26. The quantitative estimate of drug-likeness (QED) is 0.559. The zero-order valence-corrected chi connectivity index (χ0v) is 15.5. The maximum Gasteiger partial charge on any atom is 0.255 e. The molecule has 0 radical (unpaired) electrons. The van der Waals surface area contributed by atoms with Crippen molar-refractivity contribution in [3.8, 4) is 11.5 Å². The Hall–Kier alpha value is -2.78. The molecular weight excluding hydrogens is 346 g/mol. The minimum atomic E-state index is -0.194. The van der Waals surface area contributed by atoms with E-state index in [9.17, 15) is 4.79 Å². The van der Waals surface area contributed by atoms with Gasteiger partial charge < -0.3 is 10.1 Å². The average Bonchev–Trinajstić information content (AvgIpc) is 2.63. The van der Waals surface area contributed by atoms with Crippen molar-refractivity contribution in [1.29, 1.82) is 0 Å². The summed E-state index contributed by atoms with van der Waals surface area (Å²) in [6, 6.07) is 22.1. The monoisotopic (exact) mass is 365 g/mol. The first-order valence-corrected chi connectivity index (χ1v) is 8.84. The first-order valence-electron chi connectivity index (χ1n) is 8.46. The number of halogens is 1. The number of ether oxygens (including phenoxy) is 1. The van der Waals surface area contributed by atoms with Crippen LogP contribution in [-0.2, 0) is 0 Å².